The molecule has 1 aliphatic carbocycles. The van der Waals surface area contributed by atoms with E-state index in [0.29, 0.717) is 11.7 Å². The van der Waals surface area contributed by atoms with E-state index in [0.717, 1.165) is 24.5 Å². The van der Waals surface area contributed by atoms with Crippen molar-refractivity contribution in [2.75, 3.05) is 13.1 Å². The number of hydrogen-bond donors (Lipinski definition) is 1. The summed E-state index contributed by atoms with van der Waals surface area (Å²) in [6.07, 6.45) is 3.71. The Hall–Kier alpha value is -1.68. The quantitative estimate of drug-likeness (QED) is 0.895. The molecular formula is C15H17N3O. The van der Waals surface area contributed by atoms with Crippen LogP contribution in [0.1, 0.15) is 25.2 Å². The van der Waals surface area contributed by atoms with Gasteiger partial charge in [-0.05, 0) is 25.3 Å². The second-order valence-corrected chi connectivity index (χ2v) is 5.67. The third-order valence-corrected chi connectivity index (χ3v) is 4.67. The molecule has 1 aromatic carbocycles. The average Bonchev–Trinajstić information content (AvgIpc) is 3.14. The lowest BCUT2D eigenvalue weighted by Gasteiger charge is -2.22. The van der Waals surface area contributed by atoms with E-state index in [2.05, 4.69) is 15.5 Å². The van der Waals surface area contributed by atoms with Crippen LogP contribution in [0.4, 0.5) is 0 Å². The number of hydrogen-bond acceptors (Lipinski definition) is 4. The van der Waals surface area contributed by atoms with Crippen LogP contribution in [0.2, 0.25) is 0 Å². The van der Waals surface area contributed by atoms with E-state index in [9.17, 15) is 0 Å². The fraction of sp³-hybridized carbons (Fsp3) is 0.467. The van der Waals surface area contributed by atoms with E-state index in [-0.39, 0.29) is 5.41 Å². The van der Waals surface area contributed by atoms with Crippen LogP contribution < -0.4 is 5.32 Å². The molecule has 0 spiro atoms. The predicted octanol–water partition coefficient (Wildman–Crippen LogP) is 2.38. The maximum atomic E-state index is 5.61. The van der Waals surface area contributed by atoms with Crippen LogP contribution in [-0.2, 0) is 5.41 Å². The molecule has 2 unspecified atom stereocenters. The molecule has 2 aliphatic rings. The van der Waals surface area contributed by atoms with Crippen molar-refractivity contribution < 1.29 is 4.52 Å². The number of benzene rings is 1. The van der Waals surface area contributed by atoms with E-state index >= 15 is 0 Å². The van der Waals surface area contributed by atoms with Crippen LogP contribution in [0.3, 0.4) is 0 Å². The van der Waals surface area contributed by atoms with Crippen LogP contribution in [-0.4, -0.2) is 23.2 Å². The molecule has 98 valence electrons. The van der Waals surface area contributed by atoms with Gasteiger partial charge in [0.2, 0.25) is 11.7 Å². The third-order valence-electron chi connectivity index (χ3n) is 4.67. The Morgan fingerprint density at radius 2 is 2.16 bits per heavy atom. The first-order chi connectivity index (χ1) is 9.38. The van der Waals surface area contributed by atoms with Crippen molar-refractivity contribution in [1.82, 2.24) is 15.5 Å². The first kappa shape index (κ1) is 11.2. The Morgan fingerprint density at radius 3 is 3.05 bits per heavy atom. The van der Waals surface area contributed by atoms with Gasteiger partial charge in [0.1, 0.15) is 0 Å². The van der Waals surface area contributed by atoms with Crippen molar-refractivity contribution >= 4 is 0 Å². The monoisotopic (exact) mass is 255 g/mol. The lowest BCUT2D eigenvalue weighted by atomic mass is 9.80. The van der Waals surface area contributed by atoms with E-state index in [1.165, 1.54) is 19.3 Å². The number of nitrogens with zero attached hydrogens (tertiary/aromatic N) is 2. The molecule has 2 atom stereocenters. The fourth-order valence-corrected chi connectivity index (χ4v) is 3.63. The molecule has 1 saturated carbocycles. The van der Waals surface area contributed by atoms with E-state index in [1.807, 2.05) is 30.3 Å². The highest BCUT2D eigenvalue weighted by Gasteiger charge is 2.51. The van der Waals surface area contributed by atoms with Gasteiger partial charge in [0.15, 0.2) is 0 Å². The molecule has 2 aromatic rings. The van der Waals surface area contributed by atoms with Crippen LogP contribution in [0.25, 0.3) is 11.4 Å². The number of rotatable bonds is 2. The summed E-state index contributed by atoms with van der Waals surface area (Å²) in [4.78, 5) is 4.68. The van der Waals surface area contributed by atoms with Gasteiger partial charge >= 0.3 is 0 Å². The SMILES string of the molecule is c1ccc(-c2noc(C34CCCC3CNC4)n2)cc1. The Bertz CT molecular complexity index is 568. The maximum absolute atomic E-state index is 5.61. The van der Waals surface area contributed by atoms with Gasteiger partial charge in [0.25, 0.3) is 0 Å². The van der Waals surface area contributed by atoms with Crippen molar-refractivity contribution in [1.29, 1.82) is 0 Å². The summed E-state index contributed by atoms with van der Waals surface area (Å²) in [6, 6.07) is 10.0. The van der Waals surface area contributed by atoms with Crippen LogP contribution in [0.15, 0.2) is 34.9 Å². The number of nitrogens with one attached hydrogen (secondary N) is 1. The highest BCUT2D eigenvalue weighted by molar-refractivity contribution is 5.53. The maximum Gasteiger partial charge on any atom is 0.234 e. The Labute approximate surface area is 112 Å². The fourth-order valence-electron chi connectivity index (χ4n) is 3.63. The van der Waals surface area contributed by atoms with E-state index in [4.69, 9.17) is 4.52 Å². The zero-order valence-electron chi connectivity index (χ0n) is 10.8. The van der Waals surface area contributed by atoms with Gasteiger partial charge < -0.3 is 9.84 Å². The van der Waals surface area contributed by atoms with Crippen molar-refractivity contribution in [3.63, 3.8) is 0 Å². The summed E-state index contributed by atoms with van der Waals surface area (Å²) in [6.45, 7) is 2.07. The summed E-state index contributed by atoms with van der Waals surface area (Å²) in [5.74, 6) is 2.21. The minimum absolute atomic E-state index is 0.0973. The summed E-state index contributed by atoms with van der Waals surface area (Å²) in [5.41, 5.74) is 1.12. The smallest absolute Gasteiger partial charge is 0.234 e. The molecule has 1 saturated heterocycles. The molecule has 1 aromatic heterocycles. The van der Waals surface area contributed by atoms with Crippen LogP contribution >= 0.6 is 0 Å². The normalized spacial score (nSPS) is 29.6. The Kier molecular flexibility index (Phi) is 2.45. The van der Waals surface area contributed by atoms with E-state index in [1.54, 1.807) is 0 Å². The molecule has 4 heteroatoms. The number of fused-ring (bicyclic) bond motifs is 1. The zero-order valence-corrected chi connectivity index (χ0v) is 10.8. The van der Waals surface area contributed by atoms with Gasteiger partial charge in [-0.15, -0.1) is 0 Å². The second kappa shape index (κ2) is 4.17. The summed E-state index contributed by atoms with van der Waals surface area (Å²) in [5, 5.41) is 7.66. The number of aromatic nitrogens is 2. The minimum Gasteiger partial charge on any atom is -0.338 e. The molecule has 4 rings (SSSR count). The molecule has 4 nitrogen and oxygen atoms in total. The molecule has 1 aliphatic heterocycles. The van der Waals surface area contributed by atoms with Gasteiger partial charge in [-0.1, -0.05) is 41.9 Å². The van der Waals surface area contributed by atoms with Gasteiger partial charge in [-0.3, -0.25) is 0 Å². The van der Waals surface area contributed by atoms with Crippen molar-refractivity contribution in [2.24, 2.45) is 5.92 Å². The van der Waals surface area contributed by atoms with Gasteiger partial charge in [-0.25, -0.2) is 0 Å². The minimum atomic E-state index is 0.0973. The molecule has 0 radical (unpaired) electrons. The van der Waals surface area contributed by atoms with Gasteiger partial charge in [-0.2, -0.15) is 4.98 Å². The highest BCUT2D eigenvalue weighted by Crippen LogP contribution is 2.47. The molecule has 2 heterocycles. The second-order valence-electron chi connectivity index (χ2n) is 5.67. The topological polar surface area (TPSA) is 51.0 Å². The van der Waals surface area contributed by atoms with Crippen molar-refractivity contribution in [3.8, 4) is 11.4 Å². The van der Waals surface area contributed by atoms with Crippen LogP contribution in [0.5, 0.6) is 0 Å². The first-order valence-electron chi connectivity index (χ1n) is 6.99. The molecule has 1 N–H and O–H groups in total. The first-order valence-corrected chi connectivity index (χ1v) is 6.99. The lowest BCUT2D eigenvalue weighted by molar-refractivity contribution is 0.265. The van der Waals surface area contributed by atoms with E-state index < -0.39 is 0 Å². The van der Waals surface area contributed by atoms with Crippen molar-refractivity contribution in [2.45, 2.75) is 24.7 Å². The molecule has 0 bridgehead atoms. The summed E-state index contributed by atoms with van der Waals surface area (Å²) >= 11 is 0. The summed E-state index contributed by atoms with van der Waals surface area (Å²) < 4.78 is 5.61. The standard InChI is InChI=1S/C15H17N3O/c1-2-5-11(6-3-1)13-17-14(19-18-13)15-8-4-7-12(15)9-16-10-15/h1-3,5-6,12,16H,4,7-10H2. The predicted molar refractivity (Wildman–Crippen MR) is 71.6 cm³/mol. The van der Waals surface area contributed by atoms with Crippen LogP contribution in [0, 0.1) is 5.92 Å². The van der Waals surface area contributed by atoms with Gasteiger partial charge in [0.05, 0.1) is 5.41 Å². The average molecular weight is 255 g/mol. The Morgan fingerprint density at radius 1 is 1.26 bits per heavy atom. The van der Waals surface area contributed by atoms with Crippen molar-refractivity contribution in [3.05, 3.63) is 36.2 Å². The largest absolute Gasteiger partial charge is 0.338 e. The molecule has 0 amide bonds. The Balaban J connectivity index is 1.72. The zero-order chi connectivity index (χ0) is 12.7. The highest BCUT2D eigenvalue weighted by atomic mass is 16.5. The van der Waals surface area contributed by atoms with Gasteiger partial charge in [0, 0.05) is 12.1 Å². The molecular weight excluding hydrogens is 238 g/mol. The molecule has 19 heavy (non-hydrogen) atoms. The summed E-state index contributed by atoms with van der Waals surface area (Å²) in [7, 11) is 0. The third kappa shape index (κ3) is 1.63. The molecule has 2 fully saturated rings. The lowest BCUT2D eigenvalue weighted by Crippen LogP contribution is -2.31.